The van der Waals surface area contributed by atoms with Crippen molar-refractivity contribution in [1.29, 1.82) is 0 Å². The van der Waals surface area contributed by atoms with E-state index >= 15 is 0 Å². The molecule has 1 aliphatic carbocycles. The summed E-state index contributed by atoms with van der Waals surface area (Å²) in [5.41, 5.74) is 5.74. The molecule has 1 fully saturated rings. The Morgan fingerprint density at radius 3 is 2.67 bits per heavy atom. The van der Waals surface area contributed by atoms with Crippen LogP contribution in [0.1, 0.15) is 39.5 Å². The Balaban J connectivity index is 2.37. The molecule has 0 aliphatic heterocycles. The first-order valence-corrected chi connectivity index (χ1v) is 5.74. The smallest absolute Gasteiger partial charge is 0.237 e. The molecule has 4 heteroatoms. The summed E-state index contributed by atoms with van der Waals surface area (Å²) >= 11 is 0. The molecule has 0 aromatic rings. The molecule has 88 valence electrons. The van der Waals surface area contributed by atoms with E-state index in [1.165, 1.54) is 0 Å². The number of rotatable bonds is 3. The van der Waals surface area contributed by atoms with E-state index in [0.29, 0.717) is 6.42 Å². The lowest BCUT2D eigenvalue weighted by Gasteiger charge is -2.28. The quantitative estimate of drug-likeness (QED) is 0.636. The Morgan fingerprint density at radius 2 is 2.13 bits per heavy atom. The molecule has 0 bridgehead atoms. The van der Waals surface area contributed by atoms with E-state index < -0.39 is 6.04 Å². The van der Waals surface area contributed by atoms with Crippen molar-refractivity contribution < 1.29 is 9.90 Å². The molecule has 0 aromatic heterocycles. The van der Waals surface area contributed by atoms with Gasteiger partial charge in [-0.2, -0.15) is 0 Å². The van der Waals surface area contributed by atoms with E-state index in [0.717, 1.165) is 19.3 Å². The molecule has 4 N–H and O–H groups in total. The van der Waals surface area contributed by atoms with Crippen molar-refractivity contribution in [3.63, 3.8) is 0 Å². The zero-order valence-corrected chi connectivity index (χ0v) is 9.57. The lowest BCUT2D eigenvalue weighted by molar-refractivity contribution is -0.124. The van der Waals surface area contributed by atoms with Gasteiger partial charge in [0.05, 0.1) is 12.1 Å². The fraction of sp³-hybridized carbons (Fsp3) is 0.909. The normalized spacial score (nSPS) is 28.9. The molecule has 4 nitrogen and oxygen atoms in total. The van der Waals surface area contributed by atoms with Crippen LogP contribution >= 0.6 is 0 Å². The minimum absolute atomic E-state index is 0.0934. The molecule has 2 unspecified atom stereocenters. The molecule has 15 heavy (non-hydrogen) atoms. The number of hydrogen-bond acceptors (Lipinski definition) is 3. The minimum Gasteiger partial charge on any atom is -0.393 e. The van der Waals surface area contributed by atoms with Crippen LogP contribution in [0.3, 0.4) is 0 Å². The standard InChI is InChI=1S/C11H22N2O2/c1-7(2)10(12)11(15)13-8-4-3-5-9(14)6-8/h7-10,14H,3-6,12H2,1-2H3,(H,13,15)/t8?,9?,10-/m0/s1. The highest BCUT2D eigenvalue weighted by Crippen LogP contribution is 2.18. The van der Waals surface area contributed by atoms with E-state index in [1.807, 2.05) is 13.8 Å². The van der Waals surface area contributed by atoms with Gasteiger partial charge in [-0.3, -0.25) is 4.79 Å². The summed E-state index contributed by atoms with van der Waals surface area (Å²) in [6.45, 7) is 3.86. The Bertz CT molecular complexity index is 219. The number of nitrogens with one attached hydrogen (secondary N) is 1. The summed E-state index contributed by atoms with van der Waals surface area (Å²) < 4.78 is 0. The van der Waals surface area contributed by atoms with Crippen LogP contribution in [-0.4, -0.2) is 29.2 Å². The number of carbonyl (C=O) groups is 1. The van der Waals surface area contributed by atoms with E-state index in [2.05, 4.69) is 5.32 Å². The van der Waals surface area contributed by atoms with Gasteiger partial charge in [0.15, 0.2) is 0 Å². The second-order valence-corrected chi connectivity index (χ2v) is 4.80. The zero-order chi connectivity index (χ0) is 11.4. The van der Waals surface area contributed by atoms with Crippen molar-refractivity contribution in [2.75, 3.05) is 0 Å². The van der Waals surface area contributed by atoms with Crippen LogP contribution in [0.2, 0.25) is 0 Å². The number of aliphatic hydroxyl groups excluding tert-OH is 1. The van der Waals surface area contributed by atoms with Crippen molar-refractivity contribution in [1.82, 2.24) is 5.32 Å². The predicted molar refractivity (Wildman–Crippen MR) is 59.2 cm³/mol. The average molecular weight is 214 g/mol. The first kappa shape index (κ1) is 12.5. The third-order valence-electron chi connectivity index (χ3n) is 3.01. The summed E-state index contributed by atoms with van der Waals surface area (Å²) in [4.78, 5) is 11.6. The van der Waals surface area contributed by atoms with Crippen LogP contribution < -0.4 is 11.1 Å². The van der Waals surface area contributed by atoms with Crippen molar-refractivity contribution >= 4 is 5.91 Å². The Hall–Kier alpha value is -0.610. The third-order valence-corrected chi connectivity index (χ3v) is 3.01. The van der Waals surface area contributed by atoms with Crippen LogP contribution in [0.25, 0.3) is 0 Å². The van der Waals surface area contributed by atoms with Crippen molar-refractivity contribution in [3.8, 4) is 0 Å². The maximum absolute atomic E-state index is 11.6. The third kappa shape index (κ3) is 3.80. The Labute approximate surface area is 91.2 Å². The Morgan fingerprint density at radius 1 is 1.47 bits per heavy atom. The molecule has 1 aliphatic rings. The molecular formula is C11H22N2O2. The van der Waals surface area contributed by atoms with Gasteiger partial charge in [0, 0.05) is 6.04 Å². The molecule has 0 saturated heterocycles. The van der Waals surface area contributed by atoms with Gasteiger partial charge in [-0.1, -0.05) is 13.8 Å². The minimum atomic E-state index is -0.441. The molecule has 1 amide bonds. The molecule has 0 aromatic carbocycles. The highest BCUT2D eigenvalue weighted by atomic mass is 16.3. The van der Waals surface area contributed by atoms with Crippen LogP contribution in [0.4, 0.5) is 0 Å². The summed E-state index contributed by atoms with van der Waals surface area (Å²) in [5.74, 6) is 0.0580. The van der Waals surface area contributed by atoms with Crippen LogP contribution in [0.15, 0.2) is 0 Å². The monoisotopic (exact) mass is 214 g/mol. The fourth-order valence-electron chi connectivity index (χ4n) is 1.90. The van der Waals surface area contributed by atoms with E-state index in [1.54, 1.807) is 0 Å². The van der Waals surface area contributed by atoms with Crippen molar-refractivity contribution in [2.45, 2.75) is 57.7 Å². The maximum Gasteiger partial charge on any atom is 0.237 e. The first-order valence-electron chi connectivity index (χ1n) is 5.74. The number of aliphatic hydroxyl groups is 1. The van der Waals surface area contributed by atoms with E-state index in [4.69, 9.17) is 5.73 Å². The SMILES string of the molecule is CC(C)[C@H](N)C(=O)NC1CCCC(O)C1. The second kappa shape index (κ2) is 5.47. The van der Waals surface area contributed by atoms with Crippen molar-refractivity contribution in [3.05, 3.63) is 0 Å². The Kier molecular flexibility index (Phi) is 4.54. The fourth-order valence-corrected chi connectivity index (χ4v) is 1.90. The lowest BCUT2D eigenvalue weighted by atomic mass is 9.92. The summed E-state index contributed by atoms with van der Waals surface area (Å²) in [6.07, 6.45) is 3.18. The average Bonchev–Trinajstić information content (AvgIpc) is 2.16. The zero-order valence-electron chi connectivity index (χ0n) is 9.57. The predicted octanol–water partition coefficient (Wildman–Crippen LogP) is 0.389. The van der Waals surface area contributed by atoms with Gasteiger partial charge in [0.2, 0.25) is 5.91 Å². The van der Waals surface area contributed by atoms with E-state index in [9.17, 15) is 9.90 Å². The van der Waals surface area contributed by atoms with E-state index in [-0.39, 0.29) is 24.0 Å². The van der Waals surface area contributed by atoms with Crippen molar-refractivity contribution in [2.24, 2.45) is 11.7 Å². The topological polar surface area (TPSA) is 75.4 Å². The number of carbonyl (C=O) groups excluding carboxylic acids is 1. The van der Waals surface area contributed by atoms with Gasteiger partial charge < -0.3 is 16.2 Å². The highest BCUT2D eigenvalue weighted by molar-refractivity contribution is 5.82. The molecule has 1 rings (SSSR count). The number of hydrogen-bond donors (Lipinski definition) is 3. The van der Waals surface area contributed by atoms with Gasteiger partial charge >= 0.3 is 0 Å². The molecule has 0 radical (unpaired) electrons. The molecule has 0 heterocycles. The van der Waals surface area contributed by atoms with Crippen LogP contribution in [-0.2, 0) is 4.79 Å². The maximum atomic E-state index is 11.6. The summed E-state index contributed by atoms with van der Waals surface area (Å²) in [7, 11) is 0. The molecule has 1 saturated carbocycles. The van der Waals surface area contributed by atoms with Gasteiger partial charge in [0.25, 0.3) is 0 Å². The first-order chi connectivity index (χ1) is 7.00. The van der Waals surface area contributed by atoms with Gasteiger partial charge in [-0.25, -0.2) is 0 Å². The molecule has 0 spiro atoms. The van der Waals surface area contributed by atoms with Gasteiger partial charge in [-0.05, 0) is 31.6 Å². The highest BCUT2D eigenvalue weighted by Gasteiger charge is 2.24. The van der Waals surface area contributed by atoms with Crippen LogP contribution in [0.5, 0.6) is 0 Å². The number of nitrogens with two attached hydrogens (primary N) is 1. The van der Waals surface area contributed by atoms with Crippen LogP contribution in [0, 0.1) is 5.92 Å². The summed E-state index contributed by atoms with van der Waals surface area (Å²) in [6, 6.07) is -0.338. The summed E-state index contributed by atoms with van der Waals surface area (Å²) in [5, 5.41) is 12.4. The molecular weight excluding hydrogens is 192 g/mol. The second-order valence-electron chi connectivity index (χ2n) is 4.80. The number of amides is 1. The molecule has 3 atom stereocenters. The van der Waals surface area contributed by atoms with Gasteiger partial charge in [-0.15, -0.1) is 0 Å². The lowest BCUT2D eigenvalue weighted by Crippen LogP contribution is -2.49. The largest absolute Gasteiger partial charge is 0.393 e. The van der Waals surface area contributed by atoms with Gasteiger partial charge in [0.1, 0.15) is 0 Å².